The van der Waals surface area contributed by atoms with Crippen molar-refractivity contribution in [2.24, 2.45) is 0 Å². The average molecular weight is 172 g/mol. The Kier molecular flexibility index (Phi) is 20.1. The molecule has 0 saturated heterocycles. The van der Waals surface area contributed by atoms with E-state index >= 15 is 0 Å². The van der Waals surface area contributed by atoms with Crippen LogP contribution >= 0.6 is 0 Å². The zero-order valence-corrected chi connectivity index (χ0v) is 8.94. The third-order valence-corrected chi connectivity index (χ3v) is 1.42. The summed E-state index contributed by atoms with van der Waals surface area (Å²) in [6.45, 7) is 11.5. The van der Waals surface area contributed by atoms with Crippen molar-refractivity contribution in [3.05, 3.63) is 12.7 Å². The molecule has 0 N–H and O–H groups in total. The third-order valence-electron chi connectivity index (χ3n) is 1.42. The fourth-order valence-electron chi connectivity index (χ4n) is 0.743. The van der Waals surface area contributed by atoms with E-state index in [1.54, 1.807) is 0 Å². The smallest absolute Gasteiger partial charge is 0.0437 e. The molecule has 0 aromatic rings. The summed E-state index contributed by atoms with van der Waals surface area (Å²) in [5, 5.41) is 0. The van der Waals surface area contributed by atoms with Gasteiger partial charge in [0.15, 0.2) is 0 Å². The number of allylic oxidation sites excluding steroid dienone is 1. The molecule has 0 rings (SSSR count). The molecule has 0 unspecified atom stereocenters. The Labute approximate surface area is 77.8 Å². The van der Waals surface area contributed by atoms with E-state index in [0.29, 0.717) is 0 Å². The summed E-state index contributed by atoms with van der Waals surface area (Å²) in [6, 6.07) is 0. The van der Waals surface area contributed by atoms with Gasteiger partial charge in [-0.05, 0) is 26.7 Å². The van der Waals surface area contributed by atoms with Crippen LogP contribution in [-0.4, -0.2) is 13.2 Å². The van der Waals surface area contributed by atoms with Crippen LogP contribution in [0.25, 0.3) is 0 Å². The van der Waals surface area contributed by atoms with E-state index in [9.17, 15) is 0 Å². The molecule has 0 spiro atoms. The lowest BCUT2D eigenvalue weighted by Gasteiger charge is -1.87. The van der Waals surface area contributed by atoms with Crippen molar-refractivity contribution in [2.75, 3.05) is 13.2 Å². The highest BCUT2D eigenvalue weighted by molar-refractivity contribution is 4.64. The minimum absolute atomic E-state index is 0.844. The van der Waals surface area contributed by atoms with Gasteiger partial charge in [0.1, 0.15) is 0 Å². The zero-order valence-electron chi connectivity index (χ0n) is 8.94. The van der Waals surface area contributed by atoms with E-state index in [0.717, 1.165) is 13.2 Å². The van der Waals surface area contributed by atoms with Crippen molar-refractivity contribution >= 4 is 0 Å². The summed E-state index contributed by atoms with van der Waals surface area (Å²) < 4.78 is 4.83. The Balaban J connectivity index is 0. The maximum absolute atomic E-state index is 4.83. The molecule has 0 aliphatic carbocycles. The summed E-state index contributed by atoms with van der Waals surface area (Å²) in [5.74, 6) is 0. The molecule has 1 nitrogen and oxygen atoms in total. The number of hydrogen-bond donors (Lipinski definition) is 0. The third kappa shape index (κ3) is 22.6. The van der Waals surface area contributed by atoms with Crippen LogP contribution in [0.15, 0.2) is 12.7 Å². The lowest BCUT2D eigenvalue weighted by atomic mass is 10.2. The Bertz CT molecular complexity index is 67.4. The molecule has 0 fully saturated rings. The van der Waals surface area contributed by atoms with E-state index in [4.69, 9.17) is 4.74 Å². The van der Waals surface area contributed by atoms with Crippen LogP contribution in [0.3, 0.4) is 0 Å². The summed E-state index contributed by atoms with van der Waals surface area (Å²) >= 11 is 0. The van der Waals surface area contributed by atoms with E-state index in [1.165, 1.54) is 25.7 Å². The SMILES string of the molecule is C=CCCCCC.CCOCC. The number of hydrogen-bond acceptors (Lipinski definition) is 1. The lowest BCUT2D eigenvalue weighted by molar-refractivity contribution is 0.162. The summed E-state index contributed by atoms with van der Waals surface area (Å²) in [4.78, 5) is 0. The largest absolute Gasteiger partial charge is 0.382 e. The Hall–Kier alpha value is -0.300. The summed E-state index contributed by atoms with van der Waals surface area (Å²) in [5.41, 5.74) is 0. The molecule has 12 heavy (non-hydrogen) atoms. The zero-order chi connectivity index (χ0) is 9.66. The molecule has 74 valence electrons. The van der Waals surface area contributed by atoms with Gasteiger partial charge in [0, 0.05) is 13.2 Å². The number of unbranched alkanes of at least 4 members (excludes halogenated alkanes) is 3. The Morgan fingerprint density at radius 2 is 1.67 bits per heavy atom. The lowest BCUT2D eigenvalue weighted by Crippen LogP contribution is -1.84. The van der Waals surface area contributed by atoms with Gasteiger partial charge in [-0.2, -0.15) is 0 Å². The van der Waals surface area contributed by atoms with E-state index in [1.807, 2.05) is 19.9 Å². The molecule has 0 atom stereocenters. The van der Waals surface area contributed by atoms with Gasteiger partial charge in [-0.1, -0.05) is 25.8 Å². The van der Waals surface area contributed by atoms with E-state index in [-0.39, 0.29) is 0 Å². The molecule has 0 aromatic carbocycles. The van der Waals surface area contributed by atoms with E-state index < -0.39 is 0 Å². The first-order valence-corrected chi connectivity index (χ1v) is 5.02. The van der Waals surface area contributed by atoms with E-state index in [2.05, 4.69) is 13.5 Å². The quantitative estimate of drug-likeness (QED) is 0.437. The average Bonchev–Trinajstić information content (AvgIpc) is 2.08. The van der Waals surface area contributed by atoms with Gasteiger partial charge >= 0.3 is 0 Å². The van der Waals surface area contributed by atoms with Crippen LogP contribution < -0.4 is 0 Å². The van der Waals surface area contributed by atoms with Gasteiger partial charge in [-0.3, -0.25) is 0 Å². The molecule has 0 radical (unpaired) electrons. The second-order valence-electron chi connectivity index (χ2n) is 2.57. The Morgan fingerprint density at radius 1 is 1.08 bits per heavy atom. The van der Waals surface area contributed by atoms with Crippen molar-refractivity contribution in [3.63, 3.8) is 0 Å². The molecule has 0 heterocycles. The fraction of sp³-hybridized carbons (Fsp3) is 0.818. The first-order chi connectivity index (χ1) is 5.83. The van der Waals surface area contributed by atoms with Crippen LogP contribution in [0.5, 0.6) is 0 Å². The molecule has 0 amide bonds. The second-order valence-corrected chi connectivity index (χ2v) is 2.57. The molecular weight excluding hydrogens is 148 g/mol. The van der Waals surface area contributed by atoms with Crippen molar-refractivity contribution in [1.29, 1.82) is 0 Å². The minimum atomic E-state index is 0.844. The van der Waals surface area contributed by atoms with Crippen molar-refractivity contribution in [2.45, 2.75) is 46.5 Å². The number of ether oxygens (including phenoxy) is 1. The minimum Gasteiger partial charge on any atom is -0.382 e. The predicted molar refractivity (Wildman–Crippen MR) is 56.5 cm³/mol. The van der Waals surface area contributed by atoms with Gasteiger partial charge in [-0.25, -0.2) is 0 Å². The topological polar surface area (TPSA) is 9.23 Å². The monoisotopic (exact) mass is 172 g/mol. The van der Waals surface area contributed by atoms with Crippen LogP contribution in [-0.2, 0) is 4.74 Å². The molecule has 0 aromatic heterocycles. The van der Waals surface area contributed by atoms with Gasteiger partial charge in [-0.15, -0.1) is 6.58 Å². The highest BCUT2D eigenvalue weighted by atomic mass is 16.5. The van der Waals surface area contributed by atoms with Gasteiger partial charge in [0.2, 0.25) is 0 Å². The molecule has 0 aliphatic heterocycles. The first kappa shape index (κ1) is 14.2. The molecule has 1 heteroatoms. The summed E-state index contributed by atoms with van der Waals surface area (Å²) in [6.07, 6.45) is 7.16. The summed E-state index contributed by atoms with van der Waals surface area (Å²) in [7, 11) is 0. The Morgan fingerprint density at radius 3 is 1.92 bits per heavy atom. The van der Waals surface area contributed by atoms with Crippen molar-refractivity contribution in [3.8, 4) is 0 Å². The highest BCUT2D eigenvalue weighted by Gasteiger charge is 1.77. The van der Waals surface area contributed by atoms with Gasteiger partial charge < -0.3 is 4.74 Å². The molecular formula is C11H24O. The second kappa shape index (κ2) is 17.0. The fourth-order valence-corrected chi connectivity index (χ4v) is 0.743. The maximum atomic E-state index is 4.83. The van der Waals surface area contributed by atoms with Gasteiger partial charge in [0.25, 0.3) is 0 Å². The normalized spacial score (nSPS) is 8.58. The number of rotatable bonds is 6. The first-order valence-electron chi connectivity index (χ1n) is 5.02. The standard InChI is InChI=1S/C7H14.C4H10O/c1-3-5-7-6-4-2;1-3-5-4-2/h3H,1,4-7H2,2H3;3-4H2,1-2H3. The molecule has 0 saturated carbocycles. The maximum Gasteiger partial charge on any atom is 0.0437 e. The van der Waals surface area contributed by atoms with Crippen LogP contribution in [0.2, 0.25) is 0 Å². The predicted octanol–water partition coefficient (Wildman–Crippen LogP) is 3.80. The molecule has 0 aliphatic rings. The highest BCUT2D eigenvalue weighted by Crippen LogP contribution is 1.97. The van der Waals surface area contributed by atoms with Gasteiger partial charge in [0.05, 0.1) is 0 Å². The van der Waals surface area contributed by atoms with Crippen LogP contribution in [0.4, 0.5) is 0 Å². The van der Waals surface area contributed by atoms with Crippen molar-refractivity contribution in [1.82, 2.24) is 0 Å². The van der Waals surface area contributed by atoms with Crippen molar-refractivity contribution < 1.29 is 4.74 Å². The molecule has 0 bridgehead atoms. The van der Waals surface area contributed by atoms with Crippen LogP contribution in [0.1, 0.15) is 46.5 Å². The van der Waals surface area contributed by atoms with Crippen LogP contribution in [0, 0.1) is 0 Å².